The molecule has 0 aromatic heterocycles. The number of hydrogen-bond acceptors (Lipinski definition) is 3. The van der Waals surface area contributed by atoms with Crippen LogP contribution in [0.3, 0.4) is 0 Å². The summed E-state index contributed by atoms with van der Waals surface area (Å²) in [5, 5.41) is 17.6. The van der Waals surface area contributed by atoms with Crippen LogP contribution in [0.4, 0.5) is 13.2 Å². The average molecular weight is 284 g/mol. The van der Waals surface area contributed by atoms with Gasteiger partial charge in [-0.3, -0.25) is 0 Å². The van der Waals surface area contributed by atoms with Gasteiger partial charge in [0.2, 0.25) is 0 Å². The zero-order valence-corrected chi connectivity index (χ0v) is 9.48. The van der Waals surface area contributed by atoms with Crippen LogP contribution in [0.15, 0.2) is 36.4 Å². The molecule has 0 saturated heterocycles. The van der Waals surface area contributed by atoms with Gasteiger partial charge in [-0.2, -0.15) is 0 Å². The molecule has 0 atom stereocenters. The summed E-state index contributed by atoms with van der Waals surface area (Å²) in [7, 11) is -1.99. The van der Waals surface area contributed by atoms with E-state index in [-0.39, 0.29) is 18.6 Å². The molecule has 106 valence electrons. The van der Waals surface area contributed by atoms with Gasteiger partial charge in [-0.25, -0.2) is 13.2 Å². The van der Waals surface area contributed by atoms with Crippen molar-refractivity contribution in [1.29, 1.82) is 0 Å². The molecule has 3 nitrogen and oxygen atoms in total. The summed E-state index contributed by atoms with van der Waals surface area (Å²) in [5.74, 6) is -3.66. The lowest BCUT2D eigenvalue weighted by molar-refractivity contribution is 0.403. The van der Waals surface area contributed by atoms with Crippen LogP contribution in [0.25, 0.3) is 0 Å². The molecule has 2 aromatic rings. The molecule has 0 spiro atoms. The SMILES string of the molecule is C.OB(O)c1cc(F)c(Oc2cccc(F)c2)c(F)c1. The van der Waals surface area contributed by atoms with E-state index in [0.717, 1.165) is 24.3 Å². The van der Waals surface area contributed by atoms with Gasteiger partial charge in [-0.1, -0.05) is 13.5 Å². The molecule has 0 unspecified atom stereocenters. The lowest BCUT2D eigenvalue weighted by Crippen LogP contribution is -2.30. The molecule has 2 aromatic carbocycles. The second-order valence-electron chi connectivity index (χ2n) is 3.75. The summed E-state index contributed by atoms with van der Waals surface area (Å²) in [5.41, 5.74) is -0.346. The largest absolute Gasteiger partial charge is 0.488 e. The number of ether oxygens (including phenoxy) is 1. The molecule has 0 aliphatic carbocycles. The summed E-state index contributed by atoms with van der Waals surface area (Å²) >= 11 is 0. The molecule has 20 heavy (non-hydrogen) atoms. The molecular formula is C13H12BF3O3. The molecule has 0 aliphatic heterocycles. The maximum atomic E-state index is 13.6. The van der Waals surface area contributed by atoms with Crippen LogP contribution in [0.5, 0.6) is 11.5 Å². The van der Waals surface area contributed by atoms with E-state index in [0.29, 0.717) is 0 Å². The maximum Gasteiger partial charge on any atom is 0.488 e. The van der Waals surface area contributed by atoms with E-state index in [9.17, 15) is 13.2 Å². The molecule has 7 heteroatoms. The predicted molar refractivity (Wildman–Crippen MR) is 69.4 cm³/mol. The standard InChI is InChI=1S/C12H8BF3O3.CH4/c14-8-2-1-3-9(6-8)19-12-10(15)4-7(13(17)18)5-11(12)16;/h1-6,17-18H;1H4. The van der Waals surface area contributed by atoms with Crippen molar-refractivity contribution in [3.05, 3.63) is 53.8 Å². The Balaban J connectivity index is 0.00000200. The van der Waals surface area contributed by atoms with Gasteiger partial charge in [-0.05, 0) is 29.7 Å². The highest BCUT2D eigenvalue weighted by atomic mass is 19.1. The first-order valence-corrected chi connectivity index (χ1v) is 5.26. The summed E-state index contributed by atoms with van der Waals surface area (Å²) in [6.45, 7) is 0. The van der Waals surface area contributed by atoms with Crippen LogP contribution in [0.2, 0.25) is 0 Å². The maximum absolute atomic E-state index is 13.6. The first kappa shape index (κ1) is 16.1. The molecule has 2 N–H and O–H groups in total. The van der Waals surface area contributed by atoms with Crippen LogP contribution in [0, 0.1) is 17.5 Å². The fourth-order valence-electron chi connectivity index (χ4n) is 1.47. The van der Waals surface area contributed by atoms with E-state index >= 15 is 0 Å². The third kappa shape index (κ3) is 3.52. The monoisotopic (exact) mass is 284 g/mol. The van der Waals surface area contributed by atoms with Crippen molar-refractivity contribution in [3.63, 3.8) is 0 Å². The summed E-state index contributed by atoms with van der Waals surface area (Å²) < 4.78 is 45.0. The normalized spacial score (nSPS) is 9.85. The topological polar surface area (TPSA) is 49.7 Å². The number of halogens is 3. The van der Waals surface area contributed by atoms with E-state index in [1.54, 1.807) is 0 Å². The molecule has 2 rings (SSSR count). The van der Waals surface area contributed by atoms with Crippen LogP contribution < -0.4 is 10.2 Å². The molecule has 0 bridgehead atoms. The summed E-state index contributed by atoms with van der Waals surface area (Å²) in [6, 6.07) is 6.23. The van der Waals surface area contributed by atoms with Gasteiger partial charge in [0.25, 0.3) is 0 Å². The van der Waals surface area contributed by atoms with Gasteiger partial charge in [0.1, 0.15) is 11.6 Å². The Morgan fingerprint density at radius 2 is 1.55 bits per heavy atom. The van der Waals surface area contributed by atoms with E-state index < -0.39 is 30.3 Å². The third-order valence-electron chi connectivity index (χ3n) is 2.33. The molecule has 0 fully saturated rings. The van der Waals surface area contributed by atoms with Gasteiger partial charge in [0, 0.05) is 6.07 Å². The Kier molecular flexibility index (Phi) is 5.18. The third-order valence-corrected chi connectivity index (χ3v) is 2.33. The second kappa shape index (κ2) is 6.45. The molecule has 0 saturated carbocycles. The van der Waals surface area contributed by atoms with Crippen LogP contribution in [-0.2, 0) is 0 Å². The Hall–Kier alpha value is -1.99. The van der Waals surface area contributed by atoms with Gasteiger partial charge < -0.3 is 14.8 Å². The van der Waals surface area contributed by atoms with Crippen molar-refractivity contribution in [3.8, 4) is 11.5 Å². The van der Waals surface area contributed by atoms with Crippen LogP contribution in [0.1, 0.15) is 7.43 Å². The Morgan fingerprint density at radius 1 is 0.950 bits per heavy atom. The molecule has 0 radical (unpaired) electrons. The molecule has 0 amide bonds. The van der Waals surface area contributed by atoms with Crippen molar-refractivity contribution in [2.45, 2.75) is 7.43 Å². The minimum atomic E-state index is -1.99. The highest BCUT2D eigenvalue weighted by Gasteiger charge is 2.19. The first-order chi connectivity index (χ1) is 8.97. The van der Waals surface area contributed by atoms with Crippen molar-refractivity contribution in [2.75, 3.05) is 0 Å². The van der Waals surface area contributed by atoms with Crippen molar-refractivity contribution in [1.82, 2.24) is 0 Å². The molecular weight excluding hydrogens is 272 g/mol. The van der Waals surface area contributed by atoms with E-state index in [1.165, 1.54) is 12.1 Å². The van der Waals surface area contributed by atoms with Crippen molar-refractivity contribution in [2.24, 2.45) is 0 Å². The highest BCUT2D eigenvalue weighted by molar-refractivity contribution is 6.58. The van der Waals surface area contributed by atoms with E-state index in [2.05, 4.69) is 0 Å². The van der Waals surface area contributed by atoms with Crippen LogP contribution >= 0.6 is 0 Å². The zero-order valence-electron chi connectivity index (χ0n) is 9.48. The Morgan fingerprint density at radius 3 is 2.05 bits per heavy atom. The minimum Gasteiger partial charge on any atom is -0.451 e. The van der Waals surface area contributed by atoms with Crippen molar-refractivity contribution < 1.29 is 28.0 Å². The lowest BCUT2D eigenvalue weighted by atomic mass is 9.80. The minimum absolute atomic E-state index is 0. The average Bonchev–Trinajstić information content (AvgIpc) is 2.33. The first-order valence-electron chi connectivity index (χ1n) is 5.26. The van der Waals surface area contributed by atoms with E-state index in [4.69, 9.17) is 14.8 Å². The Bertz CT molecular complexity index is 582. The van der Waals surface area contributed by atoms with Gasteiger partial charge in [0.15, 0.2) is 17.4 Å². The zero-order chi connectivity index (χ0) is 14.0. The van der Waals surface area contributed by atoms with E-state index in [1.807, 2.05) is 0 Å². The number of rotatable bonds is 3. The van der Waals surface area contributed by atoms with Gasteiger partial charge in [-0.15, -0.1) is 0 Å². The Labute approximate surface area is 114 Å². The summed E-state index contributed by atoms with van der Waals surface area (Å²) in [6.07, 6.45) is 0. The van der Waals surface area contributed by atoms with Crippen molar-refractivity contribution >= 4 is 12.6 Å². The fraction of sp³-hybridized carbons (Fsp3) is 0.0769. The number of hydrogen-bond donors (Lipinski definition) is 2. The lowest BCUT2D eigenvalue weighted by Gasteiger charge is -2.09. The number of benzene rings is 2. The molecule has 0 aliphatic rings. The van der Waals surface area contributed by atoms with Gasteiger partial charge in [0.05, 0.1) is 0 Å². The predicted octanol–water partition coefficient (Wildman–Crippen LogP) is 2.21. The smallest absolute Gasteiger partial charge is 0.451 e. The quantitative estimate of drug-likeness (QED) is 0.850. The van der Waals surface area contributed by atoms with Gasteiger partial charge >= 0.3 is 7.12 Å². The fourth-order valence-corrected chi connectivity index (χ4v) is 1.47. The molecule has 0 heterocycles. The summed E-state index contributed by atoms with van der Waals surface area (Å²) in [4.78, 5) is 0. The second-order valence-corrected chi connectivity index (χ2v) is 3.75. The van der Waals surface area contributed by atoms with Crippen LogP contribution in [-0.4, -0.2) is 17.2 Å². The highest BCUT2D eigenvalue weighted by Crippen LogP contribution is 2.27.